The molecule has 0 aromatic heterocycles. The average Bonchev–Trinajstić information content (AvgIpc) is 2.39. The highest BCUT2D eigenvalue weighted by molar-refractivity contribution is 5.85. The molecule has 0 atom stereocenters. The van der Waals surface area contributed by atoms with Crippen LogP contribution < -0.4 is 16.4 Å². The van der Waals surface area contributed by atoms with Crippen LogP contribution in [-0.4, -0.2) is 30.5 Å². The predicted molar refractivity (Wildman–Crippen MR) is 80.3 cm³/mol. The molecule has 0 spiro atoms. The zero-order valence-electron chi connectivity index (χ0n) is 11.2. The second-order valence-electron chi connectivity index (χ2n) is 4.11. The van der Waals surface area contributed by atoms with Crippen molar-refractivity contribution in [3.05, 3.63) is 33.9 Å². The van der Waals surface area contributed by atoms with Crippen LogP contribution in [-0.2, 0) is 4.79 Å². The van der Waals surface area contributed by atoms with Gasteiger partial charge >= 0.3 is 0 Å². The van der Waals surface area contributed by atoms with Crippen LogP contribution in [0.15, 0.2) is 18.2 Å². The number of aryl methyl sites for hydroxylation is 1. The number of hydrogen-bond donors (Lipinski definition) is 3. The van der Waals surface area contributed by atoms with Crippen LogP contribution in [0.5, 0.6) is 0 Å². The third kappa shape index (κ3) is 5.85. The Morgan fingerprint density at radius 2 is 2.10 bits per heavy atom. The van der Waals surface area contributed by atoms with Crippen LogP contribution in [0.4, 0.5) is 11.4 Å². The van der Waals surface area contributed by atoms with Crippen LogP contribution in [0.2, 0.25) is 0 Å². The van der Waals surface area contributed by atoms with Crippen molar-refractivity contribution in [1.29, 1.82) is 0 Å². The van der Waals surface area contributed by atoms with Crippen molar-refractivity contribution in [1.82, 2.24) is 5.32 Å². The molecule has 0 radical (unpaired) electrons. The molecule has 112 valence electrons. The first kappa shape index (κ1) is 18.1. The lowest BCUT2D eigenvalue weighted by molar-refractivity contribution is -0.384. The molecular weight excluding hydrogens is 284 g/mol. The topological polar surface area (TPSA) is 110 Å². The molecule has 7 nitrogen and oxygen atoms in total. The zero-order chi connectivity index (χ0) is 14.3. The normalized spacial score (nSPS) is 9.50. The van der Waals surface area contributed by atoms with Gasteiger partial charge in [0.2, 0.25) is 5.91 Å². The van der Waals surface area contributed by atoms with Crippen LogP contribution in [0, 0.1) is 17.0 Å². The standard InChI is InChI=1S/C12H18N4O3.ClH/c1-9-3-4-10(11(7-9)16(18)19)14-5-2-6-15-12(17)8-13;/h3-4,7,14H,2,5-6,8,13H2,1H3,(H,15,17);1H. The second-order valence-corrected chi connectivity index (χ2v) is 4.11. The number of nitrogens with two attached hydrogens (primary N) is 1. The summed E-state index contributed by atoms with van der Waals surface area (Å²) in [5, 5.41) is 16.5. The van der Waals surface area contributed by atoms with Crippen molar-refractivity contribution in [2.75, 3.05) is 25.0 Å². The molecule has 0 aliphatic carbocycles. The van der Waals surface area contributed by atoms with E-state index in [1.165, 1.54) is 6.07 Å². The summed E-state index contributed by atoms with van der Waals surface area (Å²) in [5.74, 6) is -0.207. The highest BCUT2D eigenvalue weighted by Gasteiger charge is 2.12. The van der Waals surface area contributed by atoms with Gasteiger partial charge in [-0.25, -0.2) is 0 Å². The third-order valence-electron chi connectivity index (χ3n) is 2.53. The maximum atomic E-state index is 10.9. The first-order valence-corrected chi connectivity index (χ1v) is 6.00. The fourth-order valence-corrected chi connectivity index (χ4v) is 1.55. The van der Waals surface area contributed by atoms with E-state index in [1.807, 2.05) is 6.07 Å². The Morgan fingerprint density at radius 1 is 1.40 bits per heavy atom. The summed E-state index contributed by atoms with van der Waals surface area (Å²) < 4.78 is 0. The fourth-order valence-electron chi connectivity index (χ4n) is 1.55. The summed E-state index contributed by atoms with van der Waals surface area (Å²) >= 11 is 0. The minimum absolute atomic E-state index is 0. The van der Waals surface area contributed by atoms with Gasteiger partial charge in [-0.05, 0) is 25.0 Å². The number of benzene rings is 1. The quantitative estimate of drug-likeness (QED) is 0.398. The van der Waals surface area contributed by atoms with Gasteiger partial charge in [-0.15, -0.1) is 12.4 Å². The molecule has 0 saturated carbocycles. The van der Waals surface area contributed by atoms with Crippen LogP contribution in [0.1, 0.15) is 12.0 Å². The molecule has 1 aromatic rings. The maximum absolute atomic E-state index is 10.9. The summed E-state index contributed by atoms with van der Waals surface area (Å²) in [6.07, 6.45) is 0.663. The minimum atomic E-state index is -0.411. The number of halogens is 1. The lowest BCUT2D eigenvalue weighted by Gasteiger charge is -2.08. The summed E-state index contributed by atoms with van der Waals surface area (Å²) in [7, 11) is 0. The van der Waals surface area contributed by atoms with Crippen molar-refractivity contribution in [3.63, 3.8) is 0 Å². The molecular formula is C12H19ClN4O3. The zero-order valence-corrected chi connectivity index (χ0v) is 12.0. The Balaban J connectivity index is 0.00000361. The number of nitro benzene ring substituents is 1. The van der Waals surface area contributed by atoms with Gasteiger partial charge in [0.15, 0.2) is 0 Å². The van der Waals surface area contributed by atoms with E-state index in [-0.39, 0.29) is 30.5 Å². The molecule has 1 rings (SSSR count). The summed E-state index contributed by atoms with van der Waals surface area (Å²) in [6, 6.07) is 5.02. The highest BCUT2D eigenvalue weighted by atomic mass is 35.5. The largest absolute Gasteiger partial charge is 0.379 e. The van der Waals surface area contributed by atoms with Crippen molar-refractivity contribution in [2.24, 2.45) is 5.73 Å². The summed E-state index contributed by atoms with van der Waals surface area (Å²) in [6.45, 7) is 2.80. The number of nitrogens with zero attached hydrogens (tertiary/aromatic N) is 1. The van der Waals surface area contributed by atoms with E-state index in [0.717, 1.165) is 5.56 Å². The lowest BCUT2D eigenvalue weighted by atomic mass is 10.2. The molecule has 8 heteroatoms. The van der Waals surface area contributed by atoms with Gasteiger partial charge < -0.3 is 16.4 Å². The van der Waals surface area contributed by atoms with E-state index in [2.05, 4.69) is 10.6 Å². The number of nitro groups is 1. The van der Waals surface area contributed by atoms with Gasteiger partial charge in [0.1, 0.15) is 5.69 Å². The Bertz CT molecular complexity index is 468. The fraction of sp³-hybridized carbons (Fsp3) is 0.417. The van der Waals surface area contributed by atoms with Gasteiger partial charge in [-0.1, -0.05) is 6.07 Å². The monoisotopic (exact) mass is 302 g/mol. The number of amides is 1. The predicted octanol–water partition coefficient (Wildman–Crippen LogP) is 1.20. The molecule has 1 amide bonds. The van der Waals surface area contributed by atoms with Crippen LogP contribution in [0.25, 0.3) is 0 Å². The van der Waals surface area contributed by atoms with Crippen molar-refractivity contribution in [3.8, 4) is 0 Å². The SMILES string of the molecule is Cc1ccc(NCCCNC(=O)CN)c([N+](=O)[O-])c1.Cl. The van der Waals surface area contributed by atoms with Gasteiger partial charge in [0.25, 0.3) is 5.69 Å². The average molecular weight is 303 g/mol. The number of hydrogen-bond acceptors (Lipinski definition) is 5. The number of anilines is 1. The van der Waals surface area contributed by atoms with Crippen molar-refractivity contribution < 1.29 is 9.72 Å². The number of rotatable bonds is 7. The van der Waals surface area contributed by atoms with Gasteiger partial charge in [0.05, 0.1) is 11.5 Å². The third-order valence-corrected chi connectivity index (χ3v) is 2.53. The Kier molecular flexibility index (Phi) is 8.26. The van der Waals surface area contributed by atoms with E-state index in [4.69, 9.17) is 5.73 Å². The first-order chi connectivity index (χ1) is 9.04. The van der Waals surface area contributed by atoms with E-state index in [1.54, 1.807) is 13.0 Å². The molecule has 4 N–H and O–H groups in total. The number of nitrogens with one attached hydrogen (secondary N) is 2. The first-order valence-electron chi connectivity index (χ1n) is 6.00. The second kappa shape index (κ2) is 9.11. The molecule has 0 saturated heterocycles. The molecule has 0 bridgehead atoms. The minimum Gasteiger partial charge on any atom is -0.379 e. The van der Waals surface area contributed by atoms with Crippen LogP contribution >= 0.6 is 12.4 Å². The smallest absolute Gasteiger partial charge is 0.292 e. The molecule has 0 aliphatic rings. The van der Waals surface area contributed by atoms with Gasteiger partial charge in [-0.2, -0.15) is 0 Å². The van der Waals surface area contributed by atoms with Gasteiger partial charge in [-0.3, -0.25) is 14.9 Å². The molecule has 0 fully saturated rings. The van der Waals surface area contributed by atoms with E-state index >= 15 is 0 Å². The molecule has 0 unspecified atom stereocenters. The Hall–Kier alpha value is -1.86. The molecule has 1 aromatic carbocycles. The molecule has 0 heterocycles. The summed E-state index contributed by atoms with van der Waals surface area (Å²) in [5.41, 5.74) is 6.53. The van der Waals surface area contributed by atoms with Crippen molar-refractivity contribution in [2.45, 2.75) is 13.3 Å². The number of carbonyl (C=O) groups excluding carboxylic acids is 1. The van der Waals surface area contributed by atoms with E-state index < -0.39 is 4.92 Å². The maximum Gasteiger partial charge on any atom is 0.292 e. The summed E-state index contributed by atoms with van der Waals surface area (Å²) in [4.78, 5) is 21.4. The van der Waals surface area contributed by atoms with E-state index in [0.29, 0.717) is 25.2 Å². The highest BCUT2D eigenvalue weighted by Crippen LogP contribution is 2.24. The Morgan fingerprint density at radius 3 is 2.70 bits per heavy atom. The molecule has 20 heavy (non-hydrogen) atoms. The van der Waals surface area contributed by atoms with Crippen LogP contribution in [0.3, 0.4) is 0 Å². The lowest BCUT2D eigenvalue weighted by Crippen LogP contribution is -2.31. The molecule has 0 aliphatic heterocycles. The van der Waals surface area contributed by atoms with Gasteiger partial charge in [0, 0.05) is 19.2 Å². The van der Waals surface area contributed by atoms with Crippen molar-refractivity contribution >= 4 is 29.7 Å². The number of carbonyl (C=O) groups is 1. The Labute approximate surface area is 123 Å². The van der Waals surface area contributed by atoms with E-state index in [9.17, 15) is 14.9 Å².